The zero-order valence-electron chi connectivity index (χ0n) is 11.1. The second kappa shape index (κ2) is 7.05. The minimum absolute atomic E-state index is 0.130. The smallest absolute Gasteiger partial charge is 0.273 e. The molecule has 0 aliphatic rings. The first kappa shape index (κ1) is 14.5. The Labute approximate surface area is 126 Å². The van der Waals surface area contributed by atoms with Crippen molar-refractivity contribution in [3.05, 3.63) is 58.8 Å². The standard InChI is InChI=1S/C15H15BrN2O2/c1-18(10-11-20-12-6-3-2-4-7-12)15(19)14-13(16)8-5-9-17-14/h2-9H,10-11H2,1H3. The van der Waals surface area contributed by atoms with Gasteiger partial charge in [-0.05, 0) is 40.2 Å². The van der Waals surface area contributed by atoms with E-state index in [2.05, 4.69) is 20.9 Å². The minimum Gasteiger partial charge on any atom is -0.492 e. The topological polar surface area (TPSA) is 42.4 Å². The molecule has 0 saturated carbocycles. The zero-order chi connectivity index (χ0) is 14.4. The van der Waals surface area contributed by atoms with Gasteiger partial charge in [-0.15, -0.1) is 0 Å². The van der Waals surface area contributed by atoms with Gasteiger partial charge in [0, 0.05) is 17.7 Å². The van der Waals surface area contributed by atoms with Crippen LogP contribution in [0, 0.1) is 0 Å². The molecule has 0 unspecified atom stereocenters. The summed E-state index contributed by atoms with van der Waals surface area (Å²) in [5, 5.41) is 0. The number of aromatic nitrogens is 1. The molecule has 4 nitrogen and oxygen atoms in total. The number of hydrogen-bond donors (Lipinski definition) is 0. The molecule has 5 heteroatoms. The Bertz CT molecular complexity index is 575. The summed E-state index contributed by atoms with van der Waals surface area (Å²) in [5.74, 6) is 0.668. The van der Waals surface area contributed by atoms with Crippen molar-refractivity contribution >= 4 is 21.8 Å². The van der Waals surface area contributed by atoms with Crippen molar-refractivity contribution in [3.63, 3.8) is 0 Å². The SMILES string of the molecule is CN(CCOc1ccccc1)C(=O)c1ncccc1Br. The van der Waals surface area contributed by atoms with Gasteiger partial charge >= 0.3 is 0 Å². The fourth-order valence-electron chi connectivity index (χ4n) is 1.64. The van der Waals surface area contributed by atoms with Crippen LogP contribution in [0.2, 0.25) is 0 Å². The van der Waals surface area contributed by atoms with E-state index in [0.29, 0.717) is 23.3 Å². The Hall–Kier alpha value is -1.88. The van der Waals surface area contributed by atoms with Crippen molar-refractivity contribution in [1.29, 1.82) is 0 Å². The van der Waals surface area contributed by atoms with Gasteiger partial charge in [0.15, 0.2) is 0 Å². The average Bonchev–Trinajstić information content (AvgIpc) is 2.48. The number of benzene rings is 1. The number of ether oxygens (including phenoxy) is 1. The maximum absolute atomic E-state index is 12.2. The van der Waals surface area contributed by atoms with Crippen LogP contribution in [0.25, 0.3) is 0 Å². The second-order valence-corrected chi connectivity index (χ2v) is 5.08. The minimum atomic E-state index is -0.130. The maximum atomic E-state index is 12.2. The van der Waals surface area contributed by atoms with Crippen LogP contribution in [0.5, 0.6) is 5.75 Å². The van der Waals surface area contributed by atoms with Crippen molar-refractivity contribution < 1.29 is 9.53 Å². The molecule has 0 aliphatic carbocycles. The third-order valence-electron chi connectivity index (χ3n) is 2.75. The van der Waals surface area contributed by atoms with Crippen molar-refractivity contribution in [2.75, 3.05) is 20.2 Å². The highest BCUT2D eigenvalue weighted by atomic mass is 79.9. The number of carbonyl (C=O) groups excluding carboxylic acids is 1. The first-order chi connectivity index (χ1) is 9.68. The highest BCUT2D eigenvalue weighted by Crippen LogP contribution is 2.15. The Morgan fingerprint density at radius 2 is 2.00 bits per heavy atom. The van der Waals surface area contributed by atoms with Gasteiger partial charge in [0.05, 0.1) is 6.54 Å². The van der Waals surface area contributed by atoms with E-state index >= 15 is 0 Å². The monoisotopic (exact) mass is 334 g/mol. The molecule has 0 radical (unpaired) electrons. The van der Waals surface area contributed by atoms with E-state index in [1.165, 1.54) is 0 Å². The number of likely N-dealkylation sites (N-methyl/N-ethyl adjacent to an activating group) is 1. The highest BCUT2D eigenvalue weighted by Gasteiger charge is 2.15. The molecule has 0 fully saturated rings. The van der Waals surface area contributed by atoms with Crippen molar-refractivity contribution in [2.45, 2.75) is 0 Å². The second-order valence-electron chi connectivity index (χ2n) is 4.22. The summed E-state index contributed by atoms with van der Waals surface area (Å²) in [5.41, 5.74) is 0.412. The Kier molecular flexibility index (Phi) is 5.12. The lowest BCUT2D eigenvalue weighted by Gasteiger charge is -2.17. The summed E-state index contributed by atoms with van der Waals surface area (Å²) in [6.45, 7) is 0.938. The number of pyridine rings is 1. The van der Waals surface area contributed by atoms with Crippen LogP contribution in [0.15, 0.2) is 53.1 Å². The number of halogens is 1. The lowest BCUT2D eigenvalue weighted by atomic mass is 10.3. The summed E-state index contributed by atoms with van der Waals surface area (Å²) in [7, 11) is 1.73. The van der Waals surface area contributed by atoms with Crippen molar-refractivity contribution in [2.24, 2.45) is 0 Å². The van der Waals surface area contributed by atoms with Crippen molar-refractivity contribution in [1.82, 2.24) is 9.88 Å². The van der Waals surface area contributed by atoms with Crippen LogP contribution in [0.4, 0.5) is 0 Å². The van der Waals surface area contributed by atoms with Crippen LogP contribution in [-0.2, 0) is 0 Å². The third-order valence-corrected chi connectivity index (χ3v) is 3.39. The molecule has 1 aromatic carbocycles. The van der Waals surface area contributed by atoms with Crippen LogP contribution >= 0.6 is 15.9 Å². The fraction of sp³-hybridized carbons (Fsp3) is 0.200. The van der Waals surface area contributed by atoms with E-state index in [-0.39, 0.29) is 5.91 Å². The van der Waals surface area contributed by atoms with Crippen LogP contribution < -0.4 is 4.74 Å². The molecule has 1 amide bonds. The molecular weight excluding hydrogens is 320 g/mol. The molecule has 1 aromatic heterocycles. The number of para-hydroxylation sites is 1. The quantitative estimate of drug-likeness (QED) is 0.844. The number of rotatable bonds is 5. The van der Waals surface area contributed by atoms with E-state index in [4.69, 9.17) is 4.74 Å². The zero-order valence-corrected chi connectivity index (χ0v) is 12.7. The first-order valence-corrected chi connectivity index (χ1v) is 7.01. The van der Waals surface area contributed by atoms with Gasteiger partial charge in [0.2, 0.25) is 0 Å². The number of hydrogen-bond acceptors (Lipinski definition) is 3. The summed E-state index contributed by atoms with van der Waals surface area (Å²) in [4.78, 5) is 17.9. The molecule has 0 bridgehead atoms. The lowest BCUT2D eigenvalue weighted by Crippen LogP contribution is -2.31. The Balaban J connectivity index is 1.87. The molecular formula is C15H15BrN2O2. The molecule has 0 spiro atoms. The summed E-state index contributed by atoms with van der Waals surface area (Å²) >= 11 is 3.33. The largest absolute Gasteiger partial charge is 0.492 e. The van der Waals surface area contributed by atoms with Crippen LogP contribution in [-0.4, -0.2) is 36.0 Å². The predicted octanol–water partition coefficient (Wildman–Crippen LogP) is 3.00. The predicted molar refractivity (Wildman–Crippen MR) is 80.8 cm³/mol. The van der Waals surface area contributed by atoms with E-state index in [1.54, 1.807) is 30.3 Å². The first-order valence-electron chi connectivity index (χ1n) is 6.22. The molecule has 0 atom stereocenters. The molecule has 2 aromatic rings. The molecule has 0 saturated heterocycles. The number of carbonyl (C=O) groups is 1. The third kappa shape index (κ3) is 3.81. The molecule has 1 heterocycles. The maximum Gasteiger partial charge on any atom is 0.273 e. The summed E-state index contributed by atoms with van der Waals surface area (Å²) < 4.78 is 6.26. The van der Waals surface area contributed by atoms with Gasteiger partial charge in [-0.1, -0.05) is 18.2 Å². The Morgan fingerprint density at radius 3 is 2.70 bits per heavy atom. The normalized spacial score (nSPS) is 10.1. The van der Waals surface area contributed by atoms with Gasteiger partial charge in [-0.25, -0.2) is 4.98 Å². The van der Waals surface area contributed by atoms with E-state index in [1.807, 2.05) is 30.3 Å². The fourth-order valence-corrected chi connectivity index (χ4v) is 2.07. The van der Waals surface area contributed by atoms with E-state index in [9.17, 15) is 4.79 Å². The van der Waals surface area contributed by atoms with Gasteiger partial charge in [0.25, 0.3) is 5.91 Å². The van der Waals surface area contributed by atoms with Gasteiger partial charge in [-0.3, -0.25) is 4.79 Å². The summed E-state index contributed by atoms with van der Waals surface area (Å²) in [6.07, 6.45) is 1.60. The van der Waals surface area contributed by atoms with Crippen LogP contribution in [0.3, 0.4) is 0 Å². The molecule has 0 N–H and O–H groups in total. The average molecular weight is 335 g/mol. The van der Waals surface area contributed by atoms with E-state index in [0.717, 1.165) is 5.75 Å². The molecule has 2 rings (SSSR count). The molecule has 0 aliphatic heterocycles. The molecule has 20 heavy (non-hydrogen) atoms. The summed E-state index contributed by atoms with van der Waals surface area (Å²) in [6, 6.07) is 13.1. The van der Waals surface area contributed by atoms with E-state index < -0.39 is 0 Å². The van der Waals surface area contributed by atoms with Gasteiger partial charge < -0.3 is 9.64 Å². The number of nitrogens with zero attached hydrogens (tertiary/aromatic N) is 2. The highest BCUT2D eigenvalue weighted by molar-refractivity contribution is 9.10. The van der Waals surface area contributed by atoms with Crippen LogP contribution in [0.1, 0.15) is 10.5 Å². The van der Waals surface area contributed by atoms with Gasteiger partial charge in [-0.2, -0.15) is 0 Å². The number of amides is 1. The van der Waals surface area contributed by atoms with Crippen molar-refractivity contribution in [3.8, 4) is 5.75 Å². The van der Waals surface area contributed by atoms with Gasteiger partial charge in [0.1, 0.15) is 18.1 Å². The Morgan fingerprint density at radius 1 is 1.25 bits per heavy atom. The lowest BCUT2D eigenvalue weighted by molar-refractivity contribution is 0.0767. The molecule has 104 valence electrons.